The second kappa shape index (κ2) is 7.43. The van der Waals surface area contributed by atoms with Gasteiger partial charge in [0.25, 0.3) is 0 Å². The first-order chi connectivity index (χ1) is 13.0. The fourth-order valence-electron chi connectivity index (χ4n) is 3.17. The van der Waals surface area contributed by atoms with Crippen molar-refractivity contribution in [3.8, 4) is 6.07 Å². The van der Waals surface area contributed by atoms with Gasteiger partial charge in [0.2, 0.25) is 0 Å². The Kier molecular flexibility index (Phi) is 5.49. The maximum atomic E-state index is 9.56. The summed E-state index contributed by atoms with van der Waals surface area (Å²) in [7, 11) is 0. The molecule has 0 N–H and O–H groups in total. The molecule has 1 heterocycles. The zero-order valence-corrected chi connectivity index (χ0v) is 18.8. The number of halogens is 1. The van der Waals surface area contributed by atoms with Crippen LogP contribution in [0.3, 0.4) is 0 Å². The normalized spacial score (nSPS) is 12.2. The Morgan fingerprint density at radius 1 is 0.929 bits per heavy atom. The highest BCUT2D eigenvalue weighted by atomic mass is 35.5. The van der Waals surface area contributed by atoms with Gasteiger partial charge in [-0.05, 0) is 46.2 Å². The molecule has 0 fully saturated rings. The predicted octanol–water partition coefficient (Wildman–Crippen LogP) is 7.51. The van der Waals surface area contributed by atoms with E-state index < -0.39 is 0 Å². The number of nitrogens with zero attached hydrogens (tertiary/aromatic N) is 2. The van der Waals surface area contributed by atoms with E-state index in [1.165, 1.54) is 0 Å². The van der Waals surface area contributed by atoms with Crippen LogP contribution in [-0.2, 0) is 10.8 Å². The Hall–Kier alpha value is -2.02. The molecule has 0 aliphatic heterocycles. The van der Waals surface area contributed by atoms with E-state index in [0.717, 1.165) is 37.0 Å². The topological polar surface area (TPSA) is 36.7 Å². The van der Waals surface area contributed by atoms with E-state index in [0.29, 0.717) is 5.56 Å². The summed E-state index contributed by atoms with van der Waals surface area (Å²) >= 11 is 8.39. The molecule has 0 saturated carbocycles. The number of rotatable bonds is 2. The lowest BCUT2D eigenvalue weighted by Crippen LogP contribution is -2.18. The Balaban J connectivity index is 2.15. The second-order valence-electron chi connectivity index (χ2n) is 9.07. The molecule has 0 atom stereocenters. The second-order valence-corrected chi connectivity index (χ2v) is 10.5. The van der Waals surface area contributed by atoms with Crippen LogP contribution in [0.1, 0.15) is 58.2 Å². The molecule has 0 unspecified atom stereocenters. The van der Waals surface area contributed by atoms with Crippen LogP contribution in [0.5, 0.6) is 0 Å². The van der Waals surface area contributed by atoms with Gasteiger partial charge < -0.3 is 0 Å². The zero-order valence-electron chi connectivity index (χ0n) is 17.2. The molecule has 0 saturated heterocycles. The van der Waals surface area contributed by atoms with Gasteiger partial charge in [-0.1, -0.05) is 83.1 Å². The van der Waals surface area contributed by atoms with E-state index >= 15 is 0 Å². The molecule has 0 amide bonds. The van der Waals surface area contributed by atoms with Crippen LogP contribution in [0.25, 0.3) is 10.9 Å². The van der Waals surface area contributed by atoms with Crippen molar-refractivity contribution in [2.45, 2.75) is 62.3 Å². The van der Waals surface area contributed by atoms with Crippen molar-refractivity contribution < 1.29 is 0 Å². The maximum absolute atomic E-state index is 9.56. The van der Waals surface area contributed by atoms with Crippen LogP contribution < -0.4 is 0 Å². The molecular formula is C24H25ClN2S. The van der Waals surface area contributed by atoms with Gasteiger partial charge in [-0.25, -0.2) is 4.98 Å². The van der Waals surface area contributed by atoms with E-state index in [2.05, 4.69) is 59.7 Å². The SMILES string of the molecule is CC(C)(C)c1cc(Sc2cc(C#N)c3ccccc3n2)cc(C(C)(C)C)c1Cl. The molecule has 28 heavy (non-hydrogen) atoms. The molecule has 4 heteroatoms. The molecule has 0 spiro atoms. The van der Waals surface area contributed by atoms with Crippen molar-refractivity contribution in [3.63, 3.8) is 0 Å². The molecular weight excluding hydrogens is 384 g/mol. The van der Waals surface area contributed by atoms with E-state index in [4.69, 9.17) is 16.6 Å². The largest absolute Gasteiger partial charge is 0.241 e. The van der Waals surface area contributed by atoms with Crippen LogP contribution in [0.15, 0.2) is 52.4 Å². The van der Waals surface area contributed by atoms with Gasteiger partial charge in [0.1, 0.15) is 5.03 Å². The Labute approximate surface area is 176 Å². The number of para-hydroxylation sites is 1. The lowest BCUT2D eigenvalue weighted by molar-refractivity contribution is 0.566. The lowest BCUT2D eigenvalue weighted by atomic mass is 9.80. The van der Waals surface area contributed by atoms with Crippen molar-refractivity contribution in [1.82, 2.24) is 4.98 Å². The van der Waals surface area contributed by atoms with Gasteiger partial charge in [0.05, 0.1) is 17.1 Å². The number of benzene rings is 2. The van der Waals surface area contributed by atoms with Gasteiger partial charge in [0.15, 0.2) is 0 Å². The quantitative estimate of drug-likeness (QED) is 0.440. The van der Waals surface area contributed by atoms with Gasteiger partial charge >= 0.3 is 0 Å². The van der Waals surface area contributed by atoms with E-state index in [1.54, 1.807) is 11.8 Å². The minimum Gasteiger partial charge on any atom is -0.241 e. The molecule has 2 nitrogen and oxygen atoms in total. The molecule has 0 aliphatic carbocycles. The molecule has 1 aromatic heterocycles. The number of hydrogen-bond donors (Lipinski definition) is 0. The molecule has 3 aromatic rings. The molecule has 3 rings (SSSR count). The summed E-state index contributed by atoms with van der Waals surface area (Å²) in [6.07, 6.45) is 0. The maximum Gasteiger partial charge on any atom is 0.103 e. The number of fused-ring (bicyclic) bond motifs is 1. The summed E-state index contributed by atoms with van der Waals surface area (Å²) in [4.78, 5) is 5.85. The summed E-state index contributed by atoms with van der Waals surface area (Å²) in [5.74, 6) is 0. The fraction of sp³-hybridized carbons (Fsp3) is 0.333. The standard InChI is InChI=1S/C24H25ClN2S/c1-23(2,3)18-12-16(13-19(22(18)25)24(4,5)6)28-21-11-15(14-26)17-9-7-8-10-20(17)27-21/h7-13H,1-6H3. The van der Waals surface area contributed by atoms with Crippen molar-refractivity contribution in [3.05, 3.63) is 64.2 Å². The molecule has 0 aliphatic rings. The Morgan fingerprint density at radius 3 is 2.04 bits per heavy atom. The highest BCUT2D eigenvalue weighted by Crippen LogP contribution is 2.42. The van der Waals surface area contributed by atoms with Crippen molar-refractivity contribution >= 4 is 34.3 Å². The third-order valence-corrected chi connectivity index (χ3v) is 5.99. The van der Waals surface area contributed by atoms with Crippen LogP contribution in [0.2, 0.25) is 5.02 Å². The van der Waals surface area contributed by atoms with Crippen LogP contribution >= 0.6 is 23.4 Å². The Morgan fingerprint density at radius 2 is 1.50 bits per heavy atom. The zero-order chi connectivity index (χ0) is 20.7. The van der Waals surface area contributed by atoms with Crippen LogP contribution in [0.4, 0.5) is 0 Å². The number of hydrogen-bond acceptors (Lipinski definition) is 3. The monoisotopic (exact) mass is 408 g/mol. The fourth-order valence-corrected chi connectivity index (χ4v) is 4.76. The van der Waals surface area contributed by atoms with Gasteiger partial charge in [0, 0.05) is 15.3 Å². The summed E-state index contributed by atoms with van der Waals surface area (Å²) in [5.41, 5.74) is 3.61. The Bertz CT molecular complexity index is 1050. The molecule has 2 aromatic carbocycles. The van der Waals surface area contributed by atoms with E-state index in [9.17, 15) is 5.26 Å². The highest BCUT2D eigenvalue weighted by molar-refractivity contribution is 7.99. The van der Waals surface area contributed by atoms with Gasteiger partial charge in [-0.2, -0.15) is 5.26 Å². The van der Waals surface area contributed by atoms with Crippen LogP contribution in [-0.4, -0.2) is 4.98 Å². The lowest BCUT2D eigenvalue weighted by Gasteiger charge is -2.28. The van der Waals surface area contributed by atoms with E-state index in [-0.39, 0.29) is 10.8 Å². The van der Waals surface area contributed by atoms with Crippen molar-refractivity contribution in [2.75, 3.05) is 0 Å². The van der Waals surface area contributed by atoms with Crippen molar-refractivity contribution in [2.24, 2.45) is 0 Å². The summed E-state index contributed by atoms with van der Waals surface area (Å²) in [6, 6.07) is 16.3. The van der Waals surface area contributed by atoms with E-state index in [1.807, 2.05) is 30.3 Å². The van der Waals surface area contributed by atoms with Crippen LogP contribution in [0, 0.1) is 11.3 Å². The average molecular weight is 409 g/mol. The molecule has 0 bridgehead atoms. The van der Waals surface area contributed by atoms with Crippen molar-refractivity contribution in [1.29, 1.82) is 5.26 Å². The average Bonchev–Trinajstić information content (AvgIpc) is 2.60. The number of aromatic nitrogens is 1. The molecule has 0 radical (unpaired) electrons. The summed E-state index contributed by atoms with van der Waals surface area (Å²) in [6.45, 7) is 13.1. The summed E-state index contributed by atoms with van der Waals surface area (Å²) in [5, 5.41) is 12.1. The smallest absolute Gasteiger partial charge is 0.103 e. The molecule has 144 valence electrons. The van der Waals surface area contributed by atoms with Gasteiger partial charge in [-0.3, -0.25) is 0 Å². The first-order valence-corrected chi connectivity index (χ1v) is 10.5. The third-order valence-electron chi connectivity index (χ3n) is 4.70. The number of pyridine rings is 1. The number of nitriles is 1. The first-order valence-electron chi connectivity index (χ1n) is 9.33. The minimum atomic E-state index is -0.0672. The summed E-state index contributed by atoms with van der Waals surface area (Å²) < 4.78 is 0. The first kappa shape index (κ1) is 20.7. The predicted molar refractivity (Wildman–Crippen MR) is 119 cm³/mol. The third kappa shape index (κ3) is 4.19. The minimum absolute atomic E-state index is 0.0672. The highest BCUT2D eigenvalue weighted by Gasteiger charge is 2.26. The van der Waals surface area contributed by atoms with Gasteiger partial charge in [-0.15, -0.1) is 0 Å².